The van der Waals surface area contributed by atoms with Gasteiger partial charge in [0.2, 0.25) is 10.0 Å². The Labute approximate surface area is 134 Å². The first kappa shape index (κ1) is 16.1. The Hall–Kier alpha value is -1.28. The zero-order valence-electron chi connectivity index (χ0n) is 11.4. The molecule has 2 aromatic rings. The lowest BCUT2D eigenvalue weighted by atomic mass is 10.1. The Morgan fingerprint density at radius 2 is 2.00 bits per heavy atom. The molecule has 4 nitrogen and oxygen atoms in total. The second kappa shape index (κ2) is 6.65. The highest BCUT2D eigenvalue weighted by Crippen LogP contribution is 2.21. The number of thiophene rings is 1. The van der Waals surface area contributed by atoms with Crippen molar-refractivity contribution < 1.29 is 8.42 Å². The van der Waals surface area contributed by atoms with Gasteiger partial charge in [-0.2, -0.15) is 0 Å². The summed E-state index contributed by atoms with van der Waals surface area (Å²) in [5.41, 5.74) is 6.37. The number of nitrogens with one attached hydrogen (secondary N) is 1. The molecular formula is C14H16N2O2S3. The van der Waals surface area contributed by atoms with Crippen LogP contribution in [0.5, 0.6) is 0 Å². The normalized spacial score (nSPS) is 13.0. The van der Waals surface area contributed by atoms with Gasteiger partial charge in [-0.25, -0.2) is 13.1 Å². The predicted octanol–water partition coefficient (Wildman–Crippen LogP) is 2.62. The van der Waals surface area contributed by atoms with Crippen LogP contribution in [0.25, 0.3) is 0 Å². The fourth-order valence-electron chi connectivity index (χ4n) is 1.88. The molecule has 2 rings (SSSR count). The molecule has 0 aliphatic rings. The number of hydrogen-bond acceptors (Lipinski definition) is 4. The van der Waals surface area contributed by atoms with Crippen molar-refractivity contribution in [2.75, 3.05) is 0 Å². The third-order valence-corrected chi connectivity index (χ3v) is 5.67. The van der Waals surface area contributed by atoms with Gasteiger partial charge in [-0.15, -0.1) is 11.3 Å². The predicted molar refractivity (Wildman–Crippen MR) is 90.0 cm³/mol. The van der Waals surface area contributed by atoms with Crippen LogP contribution in [0.2, 0.25) is 0 Å². The fourth-order valence-corrected chi connectivity index (χ4v) is 4.08. The van der Waals surface area contributed by atoms with Crippen molar-refractivity contribution in [3.63, 3.8) is 0 Å². The molecule has 0 fully saturated rings. The van der Waals surface area contributed by atoms with Crippen molar-refractivity contribution in [2.24, 2.45) is 5.73 Å². The summed E-state index contributed by atoms with van der Waals surface area (Å²) < 4.78 is 27.3. The maximum atomic E-state index is 12.3. The topological polar surface area (TPSA) is 72.2 Å². The molecule has 0 saturated carbocycles. The Morgan fingerprint density at radius 1 is 1.33 bits per heavy atom. The van der Waals surface area contributed by atoms with Crippen LogP contribution in [-0.4, -0.2) is 13.4 Å². The van der Waals surface area contributed by atoms with E-state index in [0.717, 1.165) is 10.4 Å². The van der Waals surface area contributed by atoms with Crippen molar-refractivity contribution in [1.29, 1.82) is 0 Å². The number of rotatable bonds is 6. The smallest absolute Gasteiger partial charge is 0.241 e. The second-order valence-corrected chi connectivity index (χ2v) is 7.86. The van der Waals surface area contributed by atoms with Gasteiger partial charge in [-0.05, 0) is 36.1 Å². The molecule has 3 N–H and O–H groups in total. The summed E-state index contributed by atoms with van der Waals surface area (Å²) in [7, 11) is -3.54. The van der Waals surface area contributed by atoms with Crippen LogP contribution in [0.1, 0.15) is 23.4 Å². The molecule has 0 saturated heterocycles. The standard InChI is InChI=1S/C14H16N2O2S3/c1-10(13-3-2-8-20-13)16-21(17,18)12-6-4-11(5-7-12)9-14(15)19/h2-8,10,16H,9H2,1H3,(H2,15,19). The summed E-state index contributed by atoms with van der Waals surface area (Å²) in [6.45, 7) is 1.82. The molecule has 0 amide bonds. The van der Waals surface area contributed by atoms with Crippen molar-refractivity contribution in [3.05, 3.63) is 52.2 Å². The van der Waals surface area contributed by atoms with E-state index in [2.05, 4.69) is 4.72 Å². The van der Waals surface area contributed by atoms with E-state index in [4.69, 9.17) is 18.0 Å². The van der Waals surface area contributed by atoms with Crippen LogP contribution in [0, 0.1) is 0 Å². The number of hydrogen-bond donors (Lipinski definition) is 2. The van der Waals surface area contributed by atoms with E-state index in [1.807, 2.05) is 24.4 Å². The Bertz CT molecular complexity index is 707. The van der Waals surface area contributed by atoms with Crippen LogP contribution < -0.4 is 10.5 Å². The second-order valence-electron chi connectivity index (χ2n) is 4.65. The van der Waals surface area contributed by atoms with Gasteiger partial charge in [-0.1, -0.05) is 30.4 Å². The summed E-state index contributed by atoms with van der Waals surface area (Å²) in [4.78, 5) is 1.59. The summed E-state index contributed by atoms with van der Waals surface area (Å²) in [5.74, 6) is 0. The first-order chi connectivity index (χ1) is 9.88. The molecule has 0 radical (unpaired) electrons. The minimum atomic E-state index is -3.54. The molecule has 1 aromatic carbocycles. The molecule has 0 bridgehead atoms. The minimum absolute atomic E-state index is 0.234. The zero-order chi connectivity index (χ0) is 15.5. The molecule has 1 unspecified atom stereocenters. The highest BCUT2D eigenvalue weighted by molar-refractivity contribution is 7.89. The van der Waals surface area contributed by atoms with Gasteiger partial charge in [0, 0.05) is 11.3 Å². The van der Waals surface area contributed by atoms with Crippen molar-refractivity contribution in [3.8, 4) is 0 Å². The maximum Gasteiger partial charge on any atom is 0.241 e. The van der Waals surface area contributed by atoms with Crippen LogP contribution in [0.3, 0.4) is 0 Å². The van der Waals surface area contributed by atoms with E-state index in [0.29, 0.717) is 11.4 Å². The molecule has 21 heavy (non-hydrogen) atoms. The molecule has 0 spiro atoms. The van der Waals surface area contributed by atoms with E-state index in [1.165, 1.54) is 11.3 Å². The SMILES string of the molecule is CC(NS(=O)(=O)c1ccc(CC(N)=S)cc1)c1cccs1. The minimum Gasteiger partial charge on any atom is -0.393 e. The van der Waals surface area contributed by atoms with Gasteiger partial charge in [0.1, 0.15) is 0 Å². The van der Waals surface area contributed by atoms with Gasteiger partial charge in [0.15, 0.2) is 0 Å². The molecule has 0 aliphatic carbocycles. The number of benzene rings is 1. The Kier molecular flexibility index (Phi) is 5.10. The molecule has 112 valence electrons. The van der Waals surface area contributed by atoms with E-state index >= 15 is 0 Å². The number of nitrogens with two attached hydrogens (primary N) is 1. The summed E-state index contributed by atoms with van der Waals surface area (Å²) >= 11 is 6.36. The lowest BCUT2D eigenvalue weighted by molar-refractivity contribution is 0.568. The lowest BCUT2D eigenvalue weighted by Crippen LogP contribution is -2.26. The van der Waals surface area contributed by atoms with Crippen molar-refractivity contribution in [1.82, 2.24) is 4.72 Å². The summed E-state index contributed by atoms with van der Waals surface area (Å²) in [6, 6.07) is 10.1. The highest BCUT2D eigenvalue weighted by Gasteiger charge is 2.18. The third-order valence-electron chi connectivity index (χ3n) is 2.91. The highest BCUT2D eigenvalue weighted by atomic mass is 32.2. The van der Waals surface area contributed by atoms with Crippen molar-refractivity contribution >= 4 is 38.6 Å². The number of thiocarbonyl (C=S) groups is 1. The van der Waals surface area contributed by atoms with Crippen LogP contribution in [-0.2, 0) is 16.4 Å². The Balaban J connectivity index is 2.14. The third kappa shape index (κ3) is 4.34. The van der Waals surface area contributed by atoms with Gasteiger partial charge in [0.05, 0.1) is 15.9 Å². The van der Waals surface area contributed by atoms with E-state index in [-0.39, 0.29) is 10.9 Å². The zero-order valence-corrected chi connectivity index (χ0v) is 13.9. The molecule has 1 aromatic heterocycles. The van der Waals surface area contributed by atoms with Gasteiger partial charge in [-0.3, -0.25) is 0 Å². The van der Waals surface area contributed by atoms with Crippen LogP contribution >= 0.6 is 23.6 Å². The number of sulfonamides is 1. The van der Waals surface area contributed by atoms with Gasteiger partial charge in [0.25, 0.3) is 0 Å². The first-order valence-electron chi connectivity index (χ1n) is 6.31. The van der Waals surface area contributed by atoms with Crippen LogP contribution in [0.4, 0.5) is 0 Å². The summed E-state index contributed by atoms with van der Waals surface area (Å²) in [6.07, 6.45) is 0.467. The maximum absolute atomic E-state index is 12.3. The molecule has 1 atom stereocenters. The lowest BCUT2D eigenvalue weighted by Gasteiger charge is -2.13. The van der Waals surface area contributed by atoms with Gasteiger partial charge >= 0.3 is 0 Å². The molecular weight excluding hydrogens is 324 g/mol. The first-order valence-corrected chi connectivity index (χ1v) is 9.08. The van der Waals surface area contributed by atoms with E-state index in [9.17, 15) is 8.42 Å². The average molecular weight is 340 g/mol. The average Bonchev–Trinajstić information content (AvgIpc) is 2.92. The quantitative estimate of drug-likeness (QED) is 0.793. The van der Waals surface area contributed by atoms with E-state index in [1.54, 1.807) is 24.3 Å². The van der Waals surface area contributed by atoms with Crippen LogP contribution in [0.15, 0.2) is 46.7 Å². The Morgan fingerprint density at radius 3 is 2.52 bits per heavy atom. The van der Waals surface area contributed by atoms with Crippen molar-refractivity contribution in [2.45, 2.75) is 24.3 Å². The monoisotopic (exact) mass is 340 g/mol. The summed E-state index contributed by atoms with van der Waals surface area (Å²) in [5, 5.41) is 1.92. The molecule has 7 heteroatoms. The largest absolute Gasteiger partial charge is 0.393 e. The fraction of sp³-hybridized carbons (Fsp3) is 0.214. The van der Waals surface area contributed by atoms with Gasteiger partial charge < -0.3 is 5.73 Å². The molecule has 0 aliphatic heterocycles. The van der Waals surface area contributed by atoms with E-state index < -0.39 is 10.0 Å². The molecule has 1 heterocycles.